The molecule has 3 rings (SSSR count). The van der Waals surface area contributed by atoms with Gasteiger partial charge < -0.3 is 15.0 Å². The minimum atomic E-state index is -0.710. The third-order valence-electron chi connectivity index (χ3n) is 4.42. The number of carbonyl (C=O) groups is 2. The summed E-state index contributed by atoms with van der Waals surface area (Å²) in [4.78, 5) is 26.5. The SMILES string of the molecule is CC(C)Oc1ccc(CNC(=O)C2CCN(c3ccc(F)cc3)C2=O)cc1. The van der Waals surface area contributed by atoms with Gasteiger partial charge in [-0.3, -0.25) is 9.59 Å². The first-order valence-corrected chi connectivity index (χ1v) is 9.04. The van der Waals surface area contributed by atoms with Gasteiger partial charge in [0.05, 0.1) is 6.10 Å². The second-order valence-corrected chi connectivity index (χ2v) is 6.84. The highest BCUT2D eigenvalue weighted by molar-refractivity contribution is 6.09. The van der Waals surface area contributed by atoms with E-state index in [1.165, 1.54) is 17.0 Å². The Bertz CT molecular complexity index is 803. The van der Waals surface area contributed by atoms with Crippen molar-refractivity contribution in [3.63, 3.8) is 0 Å². The monoisotopic (exact) mass is 370 g/mol. The number of carbonyl (C=O) groups excluding carboxylic acids is 2. The summed E-state index contributed by atoms with van der Waals surface area (Å²) in [5, 5.41) is 2.83. The number of amides is 2. The van der Waals surface area contributed by atoms with Crippen LogP contribution in [0.3, 0.4) is 0 Å². The van der Waals surface area contributed by atoms with Crippen LogP contribution in [-0.2, 0) is 16.1 Å². The van der Waals surface area contributed by atoms with Crippen molar-refractivity contribution in [1.29, 1.82) is 0 Å². The minimum absolute atomic E-state index is 0.105. The van der Waals surface area contributed by atoms with Crippen LogP contribution < -0.4 is 15.0 Å². The van der Waals surface area contributed by atoms with Gasteiger partial charge >= 0.3 is 0 Å². The average Bonchev–Trinajstić information content (AvgIpc) is 3.03. The van der Waals surface area contributed by atoms with Crippen molar-refractivity contribution in [1.82, 2.24) is 5.32 Å². The molecule has 142 valence electrons. The molecule has 0 saturated carbocycles. The normalized spacial score (nSPS) is 16.7. The lowest BCUT2D eigenvalue weighted by Crippen LogP contribution is -2.36. The van der Waals surface area contributed by atoms with Gasteiger partial charge in [0.1, 0.15) is 17.5 Å². The van der Waals surface area contributed by atoms with E-state index in [0.717, 1.165) is 11.3 Å². The molecule has 6 heteroatoms. The summed E-state index contributed by atoms with van der Waals surface area (Å²) in [5.41, 5.74) is 1.54. The number of benzene rings is 2. The zero-order chi connectivity index (χ0) is 19.4. The van der Waals surface area contributed by atoms with Gasteiger partial charge in [-0.15, -0.1) is 0 Å². The molecule has 5 nitrogen and oxygen atoms in total. The number of ether oxygens (including phenoxy) is 1. The van der Waals surface area contributed by atoms with Gasteiger partial charge in [0.15, 0.2) is 0 Å². The summed E-state index contributed by atoms with van der Waals surface area (Å²) >= 11 is 0. The first-order chi connectivity index (χ1) is 12.9. The molecule has 2 aromatic rings. The van der Waals surface area contributed by atoms with E-state index in [1.807, 2.05) is 38.1 Å². The molecular weight excluding hydrogens is 347 g/mol. The topological polar surface area (TPSA) is 58.6 Å². The van der Waals surface area contributed by atoms with Crippen LogP contribution in [0.5, 0.6) is 5.75 Å². The number of hydrogen-bond acceptors (Lipinski definition) is 3. The first kappa shape index (κ1) is 18.9. The standard InChI is InChI=1S/C21H23FN2O3/c1-14(2)27-18-9-3-15(4-10-18)13-23-20(25)19-11-12-24(21(19)26)17-7-5-16(22)6-8-17/h3-10,14,19H,11-13H2,1-2H3,(H,23,25). The lowest BCUT2D eigenvalue weighted by atomic mass is 10.1. The molecule has 0 aromatic heterocycles. The van der Waals surface area contributed by atoms with Crippen LogP contribution in [-0.4, -0.2) is 24.5 Å². The molecule has 1 aliphatic rings. The molecule has 0 bridgehead atoms. The third-order valence-corrected chi connectivity index (χ3v) is 4.42. The summed E-state index contributed by atoms with van der Waals surface area (Å²) in [6, 6.07) is 13.2. The molecule has 27 heavy (non-hydrogen) atoms. The third kappa shape index (κ3) is 4.64. The molecule has 0 spiro atoms. The zero-order valence-electron chi connectivity index (χ0n) is 15.4. The van der Waals surface area contributed by atoms with Gasteiger partial charge in [-0.25, -0.2) is 4.39 Å². The molecule has 1 heterocycles. The summed E-state index contributed by atoms with van der Waals surface area (Å²) in [7, 11) is 0. The number of rotatable bonds is 6. The number of nitrogens with zero attached hydrogens (tertiary/aromatic N) is 1. The van der Waals surface area contributed by atoms with E-state index in [4.69, 9.17) is 4.74 Å². The van der Waals surface area contributed by atoms with Gasteiger partial charge in [0, 0.05) is 18.8 Å². The lowest BCUT2D eigenvalue weighted by molar-refractivity contribution is -0.132. The van der Waals surface area contributed by atoms with E-state index in [-0.39, 0.29) is 23.7 Å². The largest absolute Gasteiger partial charge is 0.491 e. The van der Waals surface area contributed by atoms with E-state index in [9.17, 15) is 14.0 Å². The fraction of sp³-hybridized carbons (Fsp3) is 0.333. The second kappa shape index (κ2) is 8.20. The maximum Gasteiger partial charge on any atom is 0.239 e. The molecule has 2 aromatic carbocycles. The predicted molar refractivity (Wildman–Crippen MR) is 101 cm³/mol. The highest BCUT2D eigenvalue weighted by Gasteiger charge is 2.37. The van der Waals surface area contributed by atoms with Crippen LogP contribution in [0, 0.1) is 11.7 Å². The fourth-order valence-corrected chi connectivity index (χ4v) is 3.07. The Kier molecular flexibility index (Phi) is 5.74. The number of anilines is 1. The molecule has 1 N–H and O–H groups in total. The van der Waals surface area contributed by atoms with Crippen LogP contribution in [0.1, 0.15) is 25.8 Å². The van der Waals surface area contributed by atoms with E-state index in [0.29, 0.717) is 25.2 Å². The maximum atomic E-state index is 13.0. The Morgan fingerprint density at radius 3 is 2.48 bits per heavy atom. The summed E-state index contributed by atoms with van der Waals surface area (Å²) in [6.07, 6.45) is 0.552. The van der Waals surface area contributed by atoms with Gasteiger partial charge in [-0.1, -0.05) is 12.1 Å². The van der Waals surface area contributed by atoms with Crippen LogP contribution in [0.25, 0.3) is 0 Å². The smallest absolute Gasteiger partial charge is 0.239 e. The molecule has 1 aliphatic heterocycles. The summed E-state index contributed by atoms with van der Waals surface area (Å²) < 4.78 is 18.6. The Labute approximate surface area is 158 Å². The highest BCUT2D eigenvalue weighted by Crippen LogP contribution is 2.25. The van der Waals surface area contributed by atoms with Crippen LogP contribution in [0.4, 0.5) is 10.1 Å². The van der Waals surface area contributed by atoms with E-state index in [2.05, 4.69) is 5.32 Å². The van der Waals surface area contributed by atoms with Gasteiger partial charge in [-0.2, -0.15) is 0 Å². The summed E-state index contributed by atoms with van der Waals surface area (Å²) in [5.74, 6) is -0.823. The molecule has 1 atom stereocenters. The predicted octanol–water partition coefficient (Wildman–Crippen LogP) is 3.28. The van der Waals surface area contributed by atoms with E-state index >= 15 is 0 Å². The van der Waals surface area contributed by atoms with Crippen molar-refractivity contribution in [3.05, 3.63) is 59.9 Å². The quantitative estimate of drug-likeness (QED) is 0.794. The molecule has 1 saturated heterocycles. The molecule has 1 unspecified atom stereocenters. The van der Waals surface area contributed by atoms with Gasteiger partial charge in [0.25, 0.3) is 0 Å². The van der Waals surface area contributed by atoms with Gasteiger partial charge in [0.2, 0.25) is 11.8 Å². The second-order valence-electron chi connectivity index (χ2n) is 6.84. The van der Waals surface area contributed by atoms with Crippen molar-refractivity contribution in [2.75, 3.05) is 11.4 Å². The molecule has 0 radical (unpaired) electrons. The Morgan fingerprint density at radius 1 is 1.19 bits per heavy atom. The minimum Gasteiger partial charge on any atom is -0.491 e. The molecule has 1 fully saturated rings. The Balaban J connectivity index is 1.55. The molecule has 2 amide bonds. The molecule has 0 aliphatic carbocycles. The summed E-state index contributed by atoms with van der Waals surface area (Å²) in [6.45, 7) is 4.72. The van der Waals surface area contributed by atoms with Crippen LogP contribution in [0.15, 0.2) is 48.5 Å². The Hall–Kier alpha value is -2.89. The number of halogens is 1. The highest BCUT2D eigenvalue weighted by atomic mass is 19.1. The number of nitrogens with one attached hydrogen (secondary N) is 1. The van der Waals surface area contributed by atoms with E-state index < -0.39 is 5.92 Å². The van der Waals surface area contributed by atoms with Crippen molar-refractivity contribution >= 4 is 17.5 Å². The van der Waals surface area contributed by atoms with Gasteiger partial charge in [-0.05, 0) is 62.2 Å². The average molecular weight is 370 g/mol. The van der Waals surface area contributed by atoms with Crippen LogP contribution in [0.2, 0.25) is 0 Å². The fourth-order valence-electron chi connectivity index (χ4n) is 3.07. The van der Waals surface area contributed by atoms with Crippen molar-refractivity contribution in [3.8, 4) is 5.75 Å². The van der Waals surface area contributed by atoms with Crippen molar-refractivity contribution in [2.24, 2.45) is 5.92 Å². The lowest BCUT2D eigenvalue weighted by Gasteiger charge is -2.16. The maximum absolute atomic E-state index is 13.0. The Morgan fingerprint density at radius 2 is 1.85 bits per heavy atom. The number of hydrogen-bond donors (Lipinski definition) is 1. The first-order valence-electron chi connectivity index (χ1n) is 9.04. The van der Waals surface area contributed by atoms with Crippen molar-refractivity contribution in [2.45, 2.75) is 32.9 Å². The van der Waals surface area contributed by atoms with Crippen LogP contribution >= 0.6 is 0 Å². The van der Waals surface area contributed by atoms with Crippen molar-refractivity contribution < 1.29 is 18.7 Å². The molecular formula is C21H23FN2O3. The van der Waals surface area contributed by atoms with E-state index in [1.54, 1.807) is 12.1 Å². The zero-order valence-corrected chi connectivity index (χ0v) is 15.4.